The van der Waals surface area contributed by atoms with Crippen LogP contribution in [0.2, 0.25) is 0 Å². The molecular formula is C7H13ClN2. The van der Waals surface area contributed by atoms with Gasteiger partial charge in [0, 0.05) is 14.0 Å². The Morgan fingerprint density at radius 3 is 2.50 bits per heavy atom. The summed E-state index contributed by atoms with van der Waals surface area (Å²) in [4.78, 5) is 3.47. The van der Waals surface area contributed by atoms with Crippen molar-refractivity contribution in [2.24, 2.45) is 0 Å². The molecule has 0 aliphatic carbocycles. The van der Waals surface area contributed by atoms with Gasteiger partial charge in [-0.05, 0) is 6.58 Å². The van der Waals surface area contributed by atoms with E-state index in [0.717, 1.165) is 0 Å². The quantitative estimate of drug-likeness (QED) is 0.424. The van der Waals surface area contributed by atoms with Crippen LogP contribution in [0.1, 0.15) is 6.92 Å². The zero-order valence-corrected chi connectivity index (χ0v) is 7.10. The van der Waals surface area contributed by atoms with Gasteiger partial charge in [0.25, 0.3) is 0 Å². The molecule has 0 amide bonds. The van der Waals surface area contributed by atoms with E-state index in [9.17, 15) is 0 Å². The number of nitrogens with one attached hydrogen (secondary N) is 1. The molecule has 0 aromatic heterocycles. The fraction of sp³-hybridized carbons (Fsp3) is 0.429. The Balaban J connectivity index is 0.000000810. The smallest absolute Gasteiger partial charge is 0.168 e. The fourth-order valence-electron chi connectivity index (χ4n) is 0.946. The van der Waals surface area contributed by atoms with E-state index in [4.69, 9.17) is 0 Å². The minimum absolute atomic E-state index is 0. The van der Waals surface area contributed by atoms with E-state index in [1.54, 1.807) is 0 Å². The van der Waals surface area contributed by atoms with E-state index in [0.29, 0.717) is 6.17 Å². The second kappa shape index (κ2) is 3.64. The summed E-state index contributed by atoms with van der Waals surface area (Å²) in [5.74, 6) is 0. The zero-order valence-electron chi connectivity index (χ0n) is 6.34. The summed E-state index contributed by atoms with van der Waals surface area (Å²) >= 11 is 0. The molecule has 1 rings (SSSR count). The Labute approximate surface area is 68.2 Å². The Hall–Kier alpha value is -0.470. The van der Waals surface area contributed by atoms with Gasteiger partial charge in [-0.3, -0.25) is 4.90 Å². The topological polar surface area (TPSA) is 7.68 Å². The highest BCUT2D eigenvalue weighted by Crippen LogP contribution is 1.92. The summed E-state index contributed by atoms with van der Waals surface area (Å²) in [6.07, 6.45) is 6.59. The van der Waals surface area contributed by atoms with E-state index in [1.807, 2.05) is 6.20 Å². The summed E-state index contributed by atoms with van der Waals surface area (Å²) in [5.41, 5.74) is 0. The van der Waals surface area contributed by atoms with Crippen molar-refractivity contribution in [2.45, 2.75) is 13.1 Å². The molecule has 1 N–H and O–H groups in total. The van der Waals surface area contributed by atoms with Crippen molar-refractivity contribution < 1.29 is 17.3 Å². The summed E-state index contributed by atoms with van der Waals surface area (Å²) in [7, 11) is 2.07. The van der Waals surface area contributed by atoms with Crippen LogP contribution in [0.15, 0.2) is 25.2 Å². The molecule has 0 aromatic rings. The molecule has 0 saturated carbocycles. The normalized spacial score (nSPS) is 30.0. The Morgan fingerprint density at radius 1 is 1.70 bits per heavy atom. The monoisotopic (exact) mass is 160 g/mol. The standard InChI is InChI=1S/C7H12N2.ClH/c1-4-9-6-5-8(3)7(9)2;/h4-7H,1H2,2-3H3;1H. The van der Waals surface area contributed by atoms with E-state index in [-0.39, 0.29) is 12.4 Å². The predicted octanol–water partition coefficient (Wildman–Crippen LogP) is -3.22. The number of halogens is 1. The van der Waals surface area contributed by atoms with Crippen LogP contribution in [0, 0.1) is 0 Å². The molecule has 10 heavy (non-hydrogen) atoms. The molecule has 0 aromatic carbocycles. The minimum Gasteiger partial charge on any atom is -1.00 e. The van der Waals surface area contributed by atoms with Gasteiger partial charge < -0.3 is 17.3 Å². The van der Waals surface area contributed by atoms with Crippen molar-refractivity contribution in [1.29, 1.82) is 0 Å². The zero-order chi connectivity index (χ0) is 6.85. The third kappa shape index (κ3) is 1.52. The third-order valence-electron chi connectivity index (χ3n) is 1.83. The molecule has 2 atom stereocenters. The van der Waals surface area contributed by atoms with E-state index in [1.165, 1.54) is 4.90 Å². The molecular weight excluding hydrogens is 148 g/mol. The maximum Gasteiger partial charge on any atom is 0.168 e. The lowest BCUT2D eigenvalue weighted by Gasteiger charge is -2.17. The largest absolute Gasteiger partial charge is 1.00 e. The first-order valence-corrected chi connectivity index (χ1v) is 3.15. The van der Waals surface area contributed by atoms with Gasteiger partial charge in [0.15, 0.2) is 6.17 Å². The van der Waals surface area contributed by atoms with Gasteiger partial charge in [0.1, 0.15) is 6.20 Å². The van der Waals surface area contributed by atoms with Crippen molar-refractivity contribution >= 4 is 0 Å². The minimum atomic E-state index is 0. The maximum absolute atomic E-state index is 3.71. The molecule has 1 heterocycles. The second-order valence-electron chi connectivity index (χ2n) is 2.36. The summed E-state index contributed by atoms with van der Waals surface area (Å²) in [6, 6.07) is 0. The first-order chi connectivity index (χ1) is 4.25. The van der Waals surface area contributed by atoms with Gasteiger partial charge in [0.05, 0.1) is 12.4 Å². The number of hydrogen-bond acceptors (Lipinski definition) is 1. The molecule has 0 saturated heterocycles. The van der Waals surface area contributed by atoms with Crippen molar-refractivity contribution in [2.75, 3.05) is 7.05 Å². The van der Waals surface area contributed by atoms with Gasteiger partial charge in [-0.15, -0.1) is 0 Å². The molecule has 0 fully saturated rings. The van der Waals surface area contributed by atoms with Gasteiger partial charge >= 0.3 is 0 Å². The summed E-state index contributed by atoms with van der Waals surface area (Å²) in [6.45, 7) is 5.88. The van der Waals surface area contributed by atoms with Crippen molar-refractivity contribution in [3.63, 3.8) is 0 Å². The first-order valence-electron chi connectivity index (χ1n) is 3.15. The SMILES string of the molecule is C=C[NH+]1C=CN(C)C1C.[Cl-]. The van der Waals surface area contributed by atoms with E-state index < -0.39 is 0 Å². The van der Waals surface area contributed by atoms with Gasteiger partial charge in [-0.1, -0.05) is 0 Å². The molecule has 1 aliphatic heterocycles. The van der Waals surface area contributed by atoms with Crippen molar-refractivity contribution in [1.82, 2.24) is 4.90 Å². The molecule has 58 valence electrons. The maximum atomic E-state index is 3.71. The van der Waals surface area contributed by atoms with Crippen LogP contribution < -0.4 is 17.3 Å². The lowest BCUT2D eigenvalue weighted by atomic mass is 10.5. The van der Waals surface area contributed by atoms with Crippen LogP contribution >= 0.6 is 0 Å². The number of nitrogens with zero attached hydrogens (tertiary/aromatic N) is 1. The van der Waals surface area contributed by atoms with Crippen molar-refractivity contribution in [3.8, 4) is 0 Å². The Morgan fingerprint density at radius 2 is 2.30 bits per heavy atom. The van der Waals surface area contributed by atoms with Crippen LogP contribution in [-0.4, -0.2) is 18.1 Å². The number of rotatable bonds is 1. The predicted molar refractivity (Wildman–Crippen MR) is 37.5 cm³/mol. The lowest BCUT2D eigenvalue weighted by molar-refractivity contribution is -0.820. The van der Waals surface area contributed by atoms with Crippen LogP contribution in [0.4, 0.5) is 0 Å². The molecule has 2 unspecified atom stereocenters. The molecule has 0 bridgehead atoms. The molecule has 0 radical (unpaired) electrons. The van der Waals surface area contributed by atoms with Crippen LogP contribution in [0.3, 0.4) is 0 Å². The average molecular weight is 161 g/mol. The fourth-order valence-corrected chi connectivity index (χ4v) is 0.946. The van der Waals surface area contributed by atoms with Gasteiger partial charge in [-0.25, -0.2) is 0 Å². The highest BCUT2D eigenvalue weighted by molar-refractivity contribution is 4.81. The number of quaternary nitrogens is 1. The summed E-state index contributed by atoms with van der Waals surface area (Å²) < 4.78 is 0. The average Bonchev–Trinajstić information content (AvgIpc) is 2.15. The molecule has 2 nitrogen and oxygen atoms in total. The lowest BCUT2D eigenvalue weighted by Crippen LogP contribution is -3.06. The van der Waals surface area contributed by atoms with E-state index >= 15 is 0 Å². The first kappa shape index (κ1) is 9.53. The van der Waals surface area contributed by atoms with Gasteiger partial charge in [0.2, 0.25) is 0 Å². The Kier molecular flexibility index (Phi) is 3.47. The highest BCUT2D eigenvalue weighted by Gasteiger charge is 2.20. The third-order valence-corrected chi connectivity index (χ3v) is 1.83. The van der Waals surface area contributed by atoms with Crippen LogP contribution in [0.25, 0.3) is 0 Å². The van der Waals surface area contributed by atoms with Crippen LogP contribution in [-0.2, 0) is 0 Å². The molecule has 0 spiro atoms. The summed E-state index contributed by atoms with van der Waals surface area (Å²) in [5, 5.41) is 0. The second-order valence-corrected chi connectivity index (χ2v) is 2.36. The Bertz CT molecular complexity index is 145. The molecule has 3 heteroatoms. The molecule has 1 aliphatic rings. The van der Waals surface area contributed by atoms with E-state index in [2.05, 4.69) is 37.9 Å². The van der Waals surface area contributed by atoms with Gasteiger partial charge in [-0.2, -0.15) is 0 Å². The van der Waals surface area contributed by atoms with Crippen LogP contribution in [0.5, 0.6) is 0 Å². The highest BCUT2D eigenvalue weighted by atomic mass is 35.5. The van der Waals surface area contributed by atoms with Crippen molar-refractivity contribution in [3.05, 3.63) is 25.2 Å². The number of hydrogen-bond donors (Lipinski definition) is 1.